The Morgan fingerprint density at radius 2 is 2.24 bits per heavy atom. The summed E-state index contributed by atoms with van der Waals surface area (Å²) < 4.78 is 18.0. The minimum Gasteiger partial charge on any atom is -0.295 e. The van der Waals surface area contributed by atoms with E-state index in [-0.39, 0.29) is 5.52 Å². The number of carbonyl (C=O) groups is 1. The lowest BCUT2D eigenvalue weighted by Gasteiger charge is -1.96. The first-order valence-electron chi connectivity index (χ1n) is 4.61. The van der Waals surface area contributed by atoms with Crippen molar-refractivity contribution in [3.63, 3.8) is 0 Å². The lowest BCUT2D eigenvalue weighted by molar-refractivity contribution is 0.112. The molecule has 7 heteroatoms. The molecule has 3 rings (SSSR count). The average Bonchev–Trinajstić information content (AvgIpc) is 2.97. The number of aromatic nitrogens is 3. The van der Waals surface area contributed by atoms with Crippen LogP contribution >= 0.6 is 11.3 Å². The summed E-state index contributed by atoms with van der Waals surface area (Å²) in [6.45, 7) is 0. The van der Waals surface area contributed by atoms with Gasteiger partial charge in [-0.15, -0.1) is 11.3 Å². The summed E-state index contributed by atoms with van der Waals surface area (Å²) in [5.74, 6) is -0.528. The minimum atomic E-state index is -0.528. The zero-order valence-electron chi connectivity index (χ0n) is 8.25. The normalized spacial score (nSPS) is 10.9. The van der Waals surface area contributed by atoms with E-state index in [1.807, 2.05) is 0 Å². The van der Waals surface area contributed by atoms with E-state index in [4.69, 9.17) is 0 Å². The van der Waals surface area contributed by atoms with Crippen molar-refractivity contribution in [2.24, 2.45) is 0 Å². The molecule has 0 aliphatic heterocycles. The smallest absolute Gasteiger partial charge is 0.178 e. The summed E-state index contributed by atoms with van der Waals surface area (Å²) in [4.78, 5) is 14.6. The van der Waals surface area contributed by atoms with Gasteiger partial charge >= 0.3 is 0 Å². The van der Waals surface area contributed by atoms with Crippen LogP contribution in [0, 0.1) is 5.82 Å². The Hall–Kier alpha value is -2.15. The molecular weight excluding hydrogens is 245 g/mol. The maximum Gasteiger partial charge on any atom is 0.178 e. The van der Waals surface area contributed by atoms with Crippen molar-refractivity contribution in [3.05, 3.63) is 28.3 Å². The van der Waals surface area contributed by atoms with Gasteiger partial charge in [-0.1, -0.05) is 0 Å². The molecule has 0 bridgehead atoms. The number of fused-ring (bicyclic) bond motifs is 1. The molecule has 0 saturated heterocycles. The third kappa shape index (κ3) is 1.60. The number of benzene rings is 1. The summed E-state index contributed by atoms with van der Waals surface area (Å²) in [5.41, 5.74) is 1.47. The van der Waals surface area contributed by atoms with E-state index < -0.39 is 5.82 Å². The zero-order chi connectivity index (χ0) is 11.8. The van der Waals surface area contributed by atoms with Crippen LogP contribution in [0.4, 0.5) is 4.39 Å². The second kappa shape index (κ2) is 3.70. The van der Waals surface area contributed by atoms with Crippen LogP contribution in [0.1, 0.15) is 9.80 Å². The van der Waals surface area contributed by atoms with Gasteiger partial charge < -0.3 is 0 Å². The molecule has 0 amide bonds. The van der Waals surface area contributed by atoms with E-state index in [1.54, 1.807) is 11.4 Å². The fourth-order valence-corrected chi connectivity index (χ4v) is 2.10. The van der Waals surface area contributed by atoms with Gasteiger partial charge in [-0.2, -0.15) is 0 Å². The number of aldehydes is 1. The first kappa shape index (κ1) is 10.0. The molecule has 0 N–H and O–H groups in total. The lowest BCUT2D eigenvalue weighted by atomic mass is 10.1. The molecule has 0 atom stereocenters. The molecule has 0 unspecified atom stereocenters. The summed E-state index contributed by atoms with van der Waals surface area (Å²) >= 11 is 1.20. The van der Waals surface area contributed by atoms with Gasteiger partial charge in [0.2, 0.25) is 0 Å². The number of carbonyl (C=O) groups excluding carboxylic acids is 1. The first-order valence-corrected chi connectivity index (χ1v) is 5.49. The van der Waals surface area contributed by atoms with Crippen molar-refractivity contribution in [3.8, 4) is 11.3 Å². The van der Waals surface area contributed by atoms with Gasteiger partial charge in [0.15, 0.2) is 22.6 Å². The molecule has 0 radical (unpaired) electrons. The Bertz CT molecular complexity index is 706. The van der Waals surface area contributed by atoms with E-state index in [0.717, 1.165) is 0 Å². The summed E-state index contributed by atoms with van der Waals surface area (Å²) in [7, 11) is 0. The van der Waals surface area contributed by atoms with E-state index in [9.17, 15) is 9.18 Å². The van der Waals surface area contributed by atoms with Gasteiger partial charge in [-0.3, -0.25) is 4.79 Å². The molecule has 0 aliphatic carbocycles. The highest BCUT2D eigenvalue weighted by atomic mass is 32.1. The van der Waals surface area contributed by atoms with E-state index in [2.05, 4.69) is 19.9 Å². The van der Waals surface area contributed by atoms with Gasteiger partial charge in [0, 0.05) is 10.9 Å². The van der Waals surface area contributed by atoms with Gasteiger partial charge in [-0.05, 0) is 22.4 Å². The highest BCUT2D eigenvalue weighted by Gasteiger charge is 2.12. The topological polar surface area (TPSA) is 68.9 Å². The predicted octanol–water partition coefficient (Wildman–Crippen LogP) is 2.30. The SMILES string of the molecule is O=Cc1nc(-c2cc(F)c3nonc3c2)cs1. The number of hydrogen-bond donors (Lipinski definition) is 0. The molecule has 1 aromatic carbocycles. The fourth-order valence-electron chi connectivity index (χ4n) is 1.47. The number of hydrogen-bond acceptors (Lipinski definition) is 6. The van der Waals surface area contributed by atoms with Crippen molar-refractivity contribution in [1.29, 1.82) is 0 Å². The Balaban J connectivity index is 2.19. The Labute approximate surface area is 97.9 Å². The molecule has 17 heavy (non-hydrogen) atoms. The Kier molecular flexibility index (Phi) is 2.19. The van der Waals surface area contributed by atoms with Crippen LogP contribution in [0.15, 0.2) is 22.1 Å². The van der Waals surface area contributed by atoms with Crippen LogP contribution in [-0.4, -0.2) is 21.6 Å². The quantitative estimate of drug-likeness (QED) is 0.652. The molecule has 2 heterocycles. The molecule has 2 aromatic heterocycles. The van der Waals surface area contributed by atoms with Gasteiger partial charge in [0.25, 0.3) is 0 Å². The second-order valence-electron chi connectivity index (χ2n) is 3.28. The molecule has 0 saturated carbocycles. The van der Waals surface area contributed by atoms with E-state index in [1.165, 1.54) is 17.4 Å². The third-order valence-corrected chi connectivity index (χ3v) is 3.00. The maximum atomic E-state index is 13.6. The average molecular weight is 249 g/mol. The Morgan fingerprint density at radius 1 is 1.35 bits per heavy atom. The van der Waals surface area contributed by atoms with Crippen LogP contribution in [0.5, 0.6) is 0 Å². The molecular formula is C10H4FN3O2S. The van der Waals surface area contributed by atoms with Crippen molar-refractivity contribution < 1.29 is 13.8 Å². The van der Waals surface area contributed by atoms with Crippen LogP contribution in [-0.2, 0) is 0 Å². The number of nitrogens with zero attached hydrogens (tertiary/aromatic N) is 3. The van der Waals surface area contributed by atoms with E-state index >= 15 is 0 Å². The van der Waals surface area contributed by atoms with E-state index in [0.29, 0.717) is 28.1 Å². The minimum absolute atomic E-state index is 0.0830. The molecule has 84 valence electrons. The lowest BCUT2D eigenvalue weighted by Crippen LogP contribution is -1.84. The van der Waals surface area contributed by atoms with Crippen LogP contribution in [0.3, 0.4) is 0 Å². The van der Waals surface area contributed by atoms with Crippen molar-refractivity contribution in [1.82, 2.24) is 15.3 Å². The summed E-state index contributed by atoms with van der Waals surface area (Å²) in [6, 6.07) is 2.90. The monoisotopic (exact) mass is 249 g/mol. The van der Waals surface area contributed by atoms with Gasteiger partial charge in [0.1, 0.15) is 5.52 Å². The molecule has 0 fully saturated rings. The number of rotatable bonds is 2. The van der Waals surface area contributed by atoms with Crippen LogP contribution < -0.4 is 0 Å². The van der Waals surface area contributed by atoms with Crippen LogP contribution in [0.2, 0.25) is 0 Å². The zero-order valence-corrected chi connectivity index (χ0v) is 9.07. The predicted molar refractivity (Wildman–Crippen MR) is 58.3 cm³/mol. The Morgan fingerprint density at radius 3 is 3.00 bits per heavy atom. The first-order chi connectivity index (χ1) is 8.28. The second-order valence-corrected chi connectivity index (χ2v) is 4.17. The standard InChI is InChI=1S/C10H4FN3O2S/c11-6-1-5(2-7-10(6)14-16-13-7)8-4-17-9(3-15)12-8/h1-4H. The summed E-state index contributed by atoms with van der Waals surface area (Å²) in [5, 5.41) is 9.04. The largest absolute Gasteiger partial charge is 0.295 e. The highest BCUT2D eigenvalue weighted by Crippen LogP contribution is 2.26. The maximum absolute atomic E-state index is 13.6. The molecule has 3 aromatic rings. The van der Waals surface area contributed by atoms with Gasteiger partial charge in [-0.25, -0.2) is 14.0 Å². The molecule has 0 aliphatic rings. The number of halogens is 1. The fraction of sp³-hybridized carbons (Fsp3) is 0. The van der Waals surface area contributed by atoms with Gasteiger partial charge in [0.05, 0.1) is 5.69 Å². The molecule has 0 spiro atoms. The summed E-state index contributed by atoms with van der Waals surface area (Å²) in [6.07, 6.45) is 0.653. The van der Waals surface area contributed by atoms with Crippen molar-refractivity contribution in [2.45, 2.75) is 0 Å². The highest BCUT2D eigenvalue weighted by molar-refractivity contribution is 7.11. The molecule has 5 nitrogen and oxygen atoms in total. The van der Waals surface area contributed by atoms with Crippen LogP contribution in [0.25, 0.3) is 22.3 Å². The van der Waals surface area contributed by atoms with Crippen molar-refractivity contribution >= 4 is 28.7 Å². The van der Waals surface area contributed by atoms with Crippen molar-refractivity contribution in [2.75, 3.05) is 0 Å². The third-order valence-electron chi connectivity index (χ3n) is 2.23. The number of thiazole rings is 1.